The van der Waals surface area contributed by atoms with Crippen LogP contribution in [0.5, 0.6) is 5.75 Å². The molecule has 10 heteroatoms. The van der Waals surface area contributed by atoms with Gasteiger partial charge in [0.15, 0.2) is 0 Å². The van der Waals surface area contributed by atoms with Crippen molar-refractivity contribution in [2.24, 2.45) is 0 Å². The van der Waals surface area contributed by atoms with Gasteiger partial charge in [-0.05, 0) is 42.5 Å². The van der Waals surface area contributed by atoms with Gasteiger partial charge >= 0.3 is 6.36 Å². The van der Waals surface area contributed by atoms with Crippen molar-refractivity contribution in [2.75, 3.05) is 23.7 Å². The van der Waals surface area contributed by atoms with E-state index in [2.05, 4.69) is 9.46 Å². The van der Waals surface area contributed by atoms with Crippen molar-refractivity contribution in [3.05, 3.63) is 48.0 Å². The summed E-state index contributed by atoms with van der Waals surface area (Å²) in [6.45, 7) is 0. The topological polar surface area (TPSA) is 82.4 Å². The maximum absolute atomic E-state index is 12.4. The van der Waals surface area contributed by atoms with Crippen LogP contribution in [0.3, 0.4) is 0 Å². The summed E-state index contributed by atoms with van der Waals surface area (Å²) < 4.78 is 67.7. The van der Waals surface area contributed by atoms with Crippen LogP contribution in [0, 0.1) is 11.3 Å². The molecule has 0 heterocycles. The lowest BCUT2D eigenvalue weighted by Gasteiger charge is -2.14. The third-order valence-corrected chi connectivity index (χ3v) is 4.62. The van der Waals surface area contributed by atoms with Crippen molar-refractivity contribution in [1.82, 2.24) is 0 Å². The molecule has 0 aliphatic rings. The van der Waals surface area contributed by atoms with Crippen molar-refractivity contribution >= 4 is 21.4 Å². The highest BCUT2D eigenvalue weighted by Crippen LogP contribution is 2.29. The van der Waals surface area contributed by atoms with Gasteiger partial charge in [0.2, 0.25) is 0 Å². The number of nitriles is 1. The van der Waals surface area contributed by atoms with Gasteiger partial charge < -0.3 is 9.64 Å². The summed E-state index contributed by atoms with van der Waals surface area (Å²) >= 11 is 0. The zero-order chi connectivity index (χ0) is 19.5. The van der Waals surface area contributed by atoms with E-state index in [0.717, 1.165) is 23.9 Å². The van der Waals surface area contributed by atoms with Crippen molar-refractivity contribution in [1.29, 1.82) is 5.26 Å². The van der Waals surface area contributed by atoms with E-state index in [1.807, 2.05) is 19.0 Å². The molecule has 0 spiro atoms. The molecule has 2 aromatic rings. The first-order chi connectivity index (χ1) is 12.0. The Labute approximate surface area is 148 Å². The van der Waals surface area contributed by atoms with Gasteiger partial charge in [0, 0.05) is 25.5 Å². The summed E-state index contributed by atoms with van der Waals surface area (Å²) in [4.78, 5) is 1.47. The van der Waals surface area contributed by atoms with Crippen LogP contribution in [0.1, 0.15) is 5.56 Å². The molecule has 0 fully saturated rings. The van der Waals surface area contributed by atoms with Gasteiger partial charge in [-0.15, -0.1) is 13.2 Å². The second-order valence-corrected chi connectivity index (χ2v) is 7.05. The monoisotopic (exact) mass is 385 g/mol. The van der Waals surface area contributed by atoms with E-state index in [9.17, 15) is 21.6 Å². The first-order valence-electron chi connectivity index (χ1n) is 7.12. The number of sulfonamides is 1. The molecule has 138 valence electrons. The van der Waals surface area contributed by atoms with Crippen molar-refractivity contribution in [2.45, 2.75) is 11.3 Å². The van der Waals surface area contributed by atoms with Gasteiger partial charge in [-0.2, -0.15) is 5.26 Å². The molecule has 0 saturated heterocycles. The zero-order valence-corrected chi connectivity index (χ0v) is 14.5. The second kappa shape index (κ2) is 7.13. The third-order valence-electron chi connectivity index (χ3n) is 3.24. The Morgan fingerprint density at radius 1 is 1.12 bits per heavy atom. The first kappa shape index (κ1) is 19.4. The molecular formula is C16H14F3N3O3S. The predicted molar refractivity (Wildman–Crippen MR) is 89.4 cm³/mol. The standard InChI is InChI=1S/C16H14F3N3O3S/c1-22(2)13-5-3-12(4-6-13)21-26(23,24)14-7-8-15(11(9-14)10-20)25-16(17,18)19/h3-9,21H,1-2H3. The van der Waals surface area contributed by atoms with Crippen molar-refractivity contribution in [3.63, 3.8) is 0 Å². The van der Waals surface area contributed by atoms with Gasteiger partial charge in [-0.3, -0.25) is 4.72 Å². The fourth-order valence-corrected chi connectivity index (χ4v) is 3.10. The molecule has 2 aromatic carbocycles. The molecule has 0 radical (unpaired) electrons. The van der Waals surface area contributed by atoms with Crippen LogP contribution < -0.4 is 14.4 Å². The summed E-state index contributed by atoms with van der Waals surface area (Å²) in [7, 11) is -0.438. The third kappa shape index (κ3) is 4.80. The molecule has 0 saturated carbocycles. The minimum Gasteiger partial charge on any atom is -0.404 e. The van der Waals surface area contributed by atoms with Gasteiger partial charge in [-0.1, -0.05) is 0 Å². The minimum atomic E-state index is -4.99. The second-order valence-electron chi connectivity index (χ2n) is 5.36. The Bertz CT molecular complexity index is 934. The Balaban J connectivity index is 2.30. The summed E-state index contributed by atoms with van der Waals surface area (Å²) in [5, 5.41) is 8.96. The number of nitrogens with one attached hydrogen (secondary N) is 1. The minimum absolute atomic E-state index is 0.268. The highest BCUT2D eigenvalue weighted by Gasteiger charge is 2.32. The van der Waals surface area contributed by atoms with E-state index in [4.69, 9.17) is 5.26 Å². The fraction of sp³-hybridized carbons (Fsp3) is 0.188. The average molecular weight is 385 g/mol. The van der Waals surface area contributed by atoms with Crippen LogP contribution in [-0.2, 0) is 10.0 Å². The maximum atomic E-state index is 12.4. The SMILES string of the molecule is CN(C)c1ccc(NS(=O)(=O)c2ccc(OC(F)(F)F)c(C#N)c2)cc1. The van der Waals surface area contributed by atoms with Crippen molar-refractivity contribution < 1.29 is 26.3 Å². The molecular weight excluding hydrogens is 371 g/mol. The van der Waals surface area contributed by atoms with E-state index in [0.29, 0.717) is 0 Å². The Hall–Kier alpha value is -2.93. The van der Waals surface area contributed by atoms with Gasteiger partial charge in [0.05, 0.1) is 10.5 Å². The molecule has 0 atom stereocenters. The molecule has 2 rings (SSSR count). The lowest BCUT2D eigenvalue weighted by Crippen LogP contribution is -2.18. The number of rotatable bonds is 5. The molecule has 0 unspecified atom stereocenters. The molecule has 0 amide bonds. The molecule has 6 nitrogen and oxygen atoms in total. The summed E-state index contributed by atoms with van der Waals surface area (Å²) in [6, 6.07) is 10.5. The maximum Gasteiger partial charge on any atom is 0.573 e. The highest BCUT2D eigenvalue weighted by molar-refractivity contribution is 7.92. The molecule has 0 bridgehead atoms. The van der Waals surface area contributed by atoms with Crippen LogP contribution in [-0.4, -0.2) is 28.9 Å². The fourth-order valence-electron chi connectivity index (χ4n) is 2.02. The summed E-state index contributed by atoms with van der Waals surface area (Å²) in [5.74, 6) is -0.769. The molecule has 26 heavy (non-hydrogen) atoms. The smallest absolute Gasteiger partial charge is 0.404 e. The molecule has 0 aromatic heterocycles. The van der Waals surface area contributed by atoms with Crippen LogP contribution in [0.25, 0.3) is 0 Å². The molecule has 0 aliphatic heterocycles. The normalized spacial score (nSPS) is 11.5. The lowest BCUT2D eigenvalue weighted by atomic mass is 10.2. The number of hydrogen-bond donors (Lipinski definition) is 1. The number of nitrogens with zero attached hydrogens (tertiary/aromatic N) is 2. The van der Waals surface area contributed by atoms with Gasteiger partial charge in [-0.25, -0.2) is 8.42 Å². The lowest BCUT2D eigenvalue weighted by molar-refractivity contribution is -0.274. The molecule has 0 aliphatic carbocycles. The van der Waals surface area contributed by atoms with E-state index in [-0.39, 0.29) is 10.6 Å². The average Bonchev–Trinajstić information content (AvgIpc) is 2.53. The largest absolute Gasteiger partial charge is 0.573 e. The number of halogens is 3. The van der Waals surface area contributed by atoms with Gasteiger partial charge in [0.25, 0.3) is 10.0 Å². The predicted octanol–water partition coefficient (Wildman–Crippen LogP) is 3.32. The van der Waals surface area contributed by atoms with E-state index >= 15 is 0 Å². The summed E-state index contributed by atoms with van der Waals surface area (Å²) in [5.41, 5.74) is 0.575. The van der Waals surface area contributed by atoms with E-state index in [1.54, 1.807) is 24.3 Å². The van der Waals surface area contributed by atoms with Crippen LogP contribution >= 0.6 is 0 Å². The Morgan fingerprint density at radius 2 is 1.73 bits per heavy atom. The number of anilines is 2. The quantitative estimate of drug-likeness (QED) is 0.854. The molecule has 1 N–H and O–H groups in total. The van der Waals surface area contributed by atoms with E-state index in [1.165, 1.54) is 6.07 Å². The Kier molecular flexibility index (Phi) is 5.32. The van der Waals surface area contributed by atoms with Crippen molar-refractivity contribution in [3.8, 4) is 11.8 Å². The summed E-state index contributed by atoms with van der Waals surface area (Å²) in [6.07, 6.45) is -4.99. The number of hydrogen-bond acceptors (Lipinski definition) is 5. The van der Waals surface area contributed by atoms with Crippen LogP contribution in [0.15, 0.2) is 47.4 Å². The first-order valence-corrected chi connectivity index (χ1v) is 8.60. The number of alkyl halides is 3. The zero-order valence-electron chi connectivity index (χ0n) is 13.7. The van der Waals surface area contributed by atoms with E-state index < -0.39 is 27.7 Å². The van der Waals surface area contributed by atoms with Crippen LogP contribution in [0.2, 0.25) is 0 Å². The highest BCUT2D eigenvalue weighted by atomic mass is 32.2. The number of benzene rings is 2. The van der Waals surface area contributed by atoms with Crippen LogP contribution in [0.4, 0.5) is 24.5 Å². The Morgan fingerprint density at radius 3 is 2.23 bits per heavy atom. The number of ether oxygens (including phenoxy) is 1. The van der Waals surface area contributed by atoms with Gasteiger partial charge in [0.1, 0.15) is 11.8 Å².